The lowest BCUT2D eigenvalue weighted by Gasteiger charge is -2.58. The second-order valence-electron chi connectivity index (χ2n) is 13.3. The summed E-state index contributed by atoms with van der Waals surface area (Å²) in [6.07, 6.45) is 13.6. The molecule has 0 aromatic heterocycles. The van der Waals surface area contributed by atoms with Crippen molar-refractivity contribution in [1.82, 2.24) is 0 Å². The molecule has 5 fully saturated rings. The zero-order valence-electron chi connectivity index (χ0n) is 21.4. The van der Waals surface area contributed by atoms with Gasteiger partial charge < -0.3 is 14.2 Å². The van der Waals surface area contributed by atoms with Gasteiger partial charge in [0.05, 0.1) is 12.7 Å². The van der Waals surface area contributed by atoms with Crippen molar-refractivity contribution in [2.75, 3.05) is 6.61 Å². The monoisotopic (exact) mass is 456 g/mol. The standard InChI is InChI=1S/C29H44O4/c1-17-8-13-29(31-16-17)18(2)26-25(33-29)15-24-22-7-6-20-14-21(32-19(3)30)9-11-27(20,4)23(22)10-12-28(24,26)5/h6,17-18,21-26H,7-16H2,1-5H3/t17?,18?,21-,22?,23?,24?,25-,26?,27-,28-,29?/m0/s1. The molecule has 0 amide bonds. The van der Waals surface area contributed by atoms with Crippen LogP contribution in [-0.4, -0.2) is 30.6 Å². The van der Waals surface area contributed by atoms with Crippen LogP contribution in [0.3, 0.4) is 0 Å². The summed E-state index contributed by atoms with van der Waals surface area (Å²) in [7, 11) is 0. The van der Waals surface area contributed by atoms with E-state index in [1.807, 2.05) is 0 Å². The molecule has 7 unspecified atom stereocenters. The molecular formula is C29H44O4. The molecule has 0 bridgehead atoms. The molecule has 0 aromatic rings. The Balaban J connectivity index is 1.24. The first kappa shape index (κ1) is 22.6. The molecule has 0 N–H and O–H groups in total. The molecule has 3 saturated carbocycles. The Hall–Kier alpha value is -0.870. The summed E-state index contributed by atoms with van der Waals surface area (Å²) in [6, 6.07) is 0. The number of fused-ring (bicyclic) bond motifs is 7. The molecule has 6 aliphatic rings. The van der Waals surface area contributed by atoms with E-state index in [9.17, 15) is 4.79 Å². The van der Waals surface area contributed by atoms with Crippen LogP contribution in [0.15, 0.2) is 11.6 Å². The van der Waals surface area contributed by atoms with Gasteiger partial charge in [0.1, 0.15) is 6.10 Å². The SMILES string of the molecule is CC(=O)O[C@H]1CC[C@@]2(C)C(=CCC3C4C[C@@H]5OC6(CCC(C)CO6)C(C)C5[C@@]4(C)CCC32)C1. The van der Waals surface area contributed by atoms with E-state index in [4.69, 9.17) is 14.2 Å². The summed E-state index contributed by atoms with van der Waals surface area (Å²) in [5.74, 6) is 3.64. The Labute approximate surface area is 200 Å². The largest absolute Gasteiger partial charge is 0.462 e. The maximum atomic E-state index is 11.5. The summed E-state index contributed by atoms with van der Waals surface area (Å²) in [4.78, 5) is 11.5. The summed E-state index contributed by atoms with van der Waals surface area (Å²) < 4.78 is 19.0. The summed E-state index contributed by atoms with van der Waals surface area (Å²) in [5.41, 5.74) is 2.24. The van der Waals surface area contributed by atoms with Crippen molar-refractivity contribution in [1.29, 1.82) is 0 Å². The third-order valence-corrected chi connectivity index (χ3v) is 11.7. The molecule has 0 radical (unpaired) electrons. The minimum absolute atomic E-state index is 0.0849. The average molecular weight is 457 g/mol. The Morgan fingerprint density at radius 2 is 1.91 bits per heavy atom. The number of carbonyl (C=O) groups excluding carboxylic acids is 1. The van der Waals surface area contributed by atoms with E-state index in [0.717, 1.165) is 50.0 Å². The van der Waals surface area contributed by atoms with E-state index in [1.165, 1.54) is 32.1 Å². The summed E-state index contributed by atoms with van der Waals surface area (Å²) in [5, 5.41) is 0. The van der Waals surface area contributed by atoms with Gasteiger partial charge in [0.2, 0.25) is 0 Å². The predicted molar refractivity (Wildman–Crippen MR) is 127 cm³/mol. The fourth-order valence-electron chi connectivity index (χ4n) is 9.98. The van der Waals surface area contributed by atoms with E-state index in [0.29, 0.717) is 29.3 Å². The van der Waals surface area contributed by atoms with Gasteiger partial charge in [-0.2, -0.15) is 0 Å². The highest BCUT2D eigenvalue weighted by molar-refractivity contribution is 5.66. The lowest BCUT2D eigenvalue weighted by Crippen LogP contribution is -2.52. The molecule has 2 saturated heterocycles. The topological polar surface area (TPSA) is 44.8 Å². The Morgan fingerprint density at radius 1 is 1.09 bits per heavy atom. The minimum Gasteiger partial charge on any atom is -0.462 e. The fraction of sp³-hybridized carbons (Fsp3) is 0.897. The number of hydrogen-bond donors (Lipinski definition) is 0. The Kier molecular flexibility index (Phi) is 5.18. The molecule has 11 atom stereocenters. The van der Waals surface area contributed by atoms with Gasteiger partial charge in [-0.15, -0.1) is 0 Å². The normalized spacial score (nSPS) is 55.2. The van der Waals surface area contributed by atoms with Crippen molar-refractivity contribution in [3.05, 3.63) is 11.6 Å². The Bertz CT molecular complexity index is 841. The Morgan fingerprint density at radius 3 is 2.64 bits per heavy atom. The first-order chi connectivity index (χ1) is 15.7. The van der Waals surface area contributed by atoms with Crippen LogP contribution in [0, 0.1) is 46.3 Å². The van der Waals surface area contributed by atoms with Gasteiger partial charge in [0.15, 0.2) is 5.79 Å². The van der Waals surface area contributed by atoms with Crippen LogP contribution in [0.2, 0.25) is 0 Å². The van der Waals surface area contributed by atoms with Gasteiger partial charge in [0.25, 0.3) is 0 Å². The molecule has 1 spiro atoms. The average Bonchev–Trinajstić information content (AvgIpc) is 3.21. The number of esters is 1. The quantitative estimate of drug-likeness (QED) is 0.344. The molecule has 2 aliphatic heterocycles. The third kappa shape index (κ3) is 3.18. The lowest BCUT2D eigenvalue weighted by molar-refractivity contribution is -0.272. The van der Waals surface area contributed by atoms with Crippen LogP contribution in [-0.2, 0) is 19.0 Å². The van der Waals surface area contributed by atoms with Gasteiger partial charge in [-0.1, -0.05) is 39.3 Å². The number of carbonyl (C=O) groups is 1. The van der Waals surface area contributed by atoms with E-state index >= 15 is 0 Å². The van der Waals surface area contributed by atoms with Crippen molar-refractivity contribution in [2.45, 2.75) is 110 Å². The number of ether oxygens (including phenoxy) is 3. The second kappa shape index (κ2) is 7.56. The molecule has 184 valence electrons. The maximum absolute atomic E-state index is 11.5. The van der Waals surface area contributed by atoms with E-state index in [1.54, 1.807) is 12.5 Å². The van der Waals surface area contributed by atoms with Crippen molar-refractivity contribution < 1.29 is 19.0 Å². The van der Waals surface area contributed by atoms with Crippen LogP contribution >= 0.6 is 0 Å². The maximum Gasteiger partial charge on any atom is 0.302 e. The smallest absolute Gasteiger partial charge is 0.302 e. The molecule has 6 rings (SSSR count). The van der Waals surface area contributed by atoms with Gasteiger partial charge in [-0.25, -0.2) is 0 Å². The zero-order chi connectivity index (χ0) is 23.2. The molecule has 33 heavy (non-hydrogen) atoms. The van der Waals surface area contributed by atoms with Crippen LogP contribution in [0.1, 0.15) is 92.4 Å². The van der Waals surface area contributed by atoms with E-state index in [2.05, 4.69) is 33.8 Å². The highest BCUT2D eigenvalue weighted by atomic mass is 16.7. The van der Waals surface area contributed by atoms with Gasteiger partial charge >= 0.3 is 5.97 Å². The molecule has 2 heterocycles. The number of rotatable bonds is 1. The number of hydrogen-bond acceptors (Lipinski definition) is 4. The van der Waals surface area contributed by atoms with Crippen LogP contribution in [0.25, 0.3) is 0 Å². The second-order valence-corrected chi connectivity index (χ2v) is 13.3. The molecule has 4 nitrogen and oxygen atoms in total. The first-order valence-electron chi connectivity index (χ1n) is 13.8. The van der Waals surface area contributed by atoms with Crippen LogP contribution < -0.4 is 0 Å². The van der Waals surface area contributed by atoms with E-state index in [-0.39, 0.29) is 23.3 Å². The first-order valence-corrected chi connectivity index (χ1v) is 13.8. The lowest BCUT2D eigenvalue weighted by atomic mass is 9.47. The molecular weight excluding hydrogens is 412 g/mol. The highest BCUT2D eigenvalue weighted by Gasteiger charge is 2.68. The molecule has 4 aliphatic carbocycles. The van der Waals surface area contributed by atoms with Crippen LogP contribution in [0.4, 0.5) is 0 Å². The predicted octanol–water partition coefficient (Wildman–Crippen LogP) is 6.28. The van der Waals surface area contributed by atoms with Crippen molar-refractivity contribution in [2.24, 2.45) is 46.3 Å². The van der Waals surface area contributed by atoms with E-state index < -0.39 is 0 Å². The summed E-state index contributed by atoms with van der Waals surface area (Å²) in [6.45, 7) is 12.3. The molecule has 0 aromatic carbocycles. The number of allylic oxidation sites excluding steroid dienone is 1. The minimum atomic E-state index is -0.312. The van der Waals surface area contributed by atoms with Gasteiger partial charge in [0, 0.05) is 25.7 Å². The van der Waals surface area contributed by atoms with Crippen molar-refractivity contribution >= 4 is 5.97 Å². The zero-order valence-corrected chi connectivity index (χ0v) is 21.4. The fourth-order valence-corrected chi connectivity index (χ4v) is 9.98. The third-order valence-electron chi connectivity index (χ3n) is 11.7. The van der Waals surface area contributed by atoms with Gasteiger partial charge in [-0.3, -0.25) is 4.79 Å². The van der Waals surface area contributed by atoms with Crippen LogP contribution in [0.5, 0.6) is 0 Å². The summed E-state index contributed by atoms with van der Waals surface area (Å²) >= 11 is 0. The van der Waals surface area contributed by atoms with Crippen molar-refractivity contribution in [3.63, 3.8) is 0 Å². The van der Waals surface area contributed by atoms with Crippen molar-refractivity contribution in [3.8, 4) is 0 Å². The van der Waals surface area contributed by atoms with Gasteiger partial charge in [-0.05, 0) is 85.4 Å². The molecule has 4 heteroatoms. The highest BCUT2D eigenvalue weighted by Crippen LogP contribution is 2.70.